The lowest BCUT2D eigenvalue weighted by Gasteiger charge is -2.34. The van der Waals surface area contributed by atoms with Gasteiger partial charge in [0.05, 0.1) is 0 Å². The summed E-state index contributed by atoms with van der Waals surface area (Å²) in [5, 5.41) is 3.43. The Bertz CT molecular complexity index is 468. The van der Waals surface area contributed by atoms with Crippen LogP contribution in [0.5, 0.6) is 0 Å². The van der Waals surface area contributed by atoms with Gasteiger partial charge in [0.15, 0.2) is 0 Å². The molecule has 2 aliphatic rings. The fourth-order valence-corrected chi connectivity index (χ4v) is 3.50. The monoisotopic (exact) mass is 276 g/mol. The number of piperidine rings is 1. The van der Waals surface area contributed by atoms with Gasteiger partial charge in [-0.25, -0.2) is 4.39 Å². The highest BCUT2D eigenvalue weighted by atomic mass is 19.1. The maximum absolute atomic E-state index is 13.0. The molecule has 4 heteroatoms. The van der Waals surface area contributed by atoms with Gasteiger partial charge in [-0.2, -0.15) is 0 Å². The molecule has 2 atom stereocenters. The van der Waals surface area contributed by atoms with Crippen LogP contribution in [-0.4, -0.2) is 36.5 Å². The van der Waals surface area contributed by atoms with Crippen molar-refractivity contribution >= 4 is 5.91 Å². The molecule has 1 amide bonds. The molecule has 1 N–H and O–H groups in total. The van der Waals surface area contributed by atoms with Gasteiger partial charge in [-0.05, 0) is 69.0 Å². The first-order valence-electron chi connectivity index (χ1n) is 7.53. The zero-order valence-electron chi connectivity index (χ0n) is 11.6. The first-order valence-corrected chi connectivity index (χ1v) is 7.53. The molecule has 3 nitrogen and oxygen atoms in total. The summed E-state index contributed by atoms with van der Waals surface area (Å²) in [5.74, 6) is 0.324. The molecule has 2 saturated heterocycles. The predicted molar refractivity (Wildman–Crippen MR) is 76.1 cm³/mol. The minimum Gasteiger partial charge on any atom is -0.335 e. The quantitative estimate of drug-likeness (QED) is 0.900. The molecule has 3 rings (SSSR count). The summed E-state index contributed by atoms with van der Waals surface area (Å²) in [6.45, 7) is 2.93. The van der Waals surface area contributed by atoms with Crippen molar-refractivity contribution in [2.75, 3.05) is 19.6 Å². The molecule has 0 saturated carbocycles. The Morgan fingerprint density at radius 2 is 2.00 bits per heavy atom. The van der Waals surface area contributed by atoms with E-state index in [1.807, 2.05) is 4.90 Å². The van der Waals surface area contributed by atoms with Crippen LogP contribution in [0.2, 0.25) is 0 Å². The van der Waals surface area contributed by atoms with E-state index in [1.165, 1.54) is 25.0 Å². The lowest BCUT2D eigenvalue weighted by molar-refractivity contribution is 0.0670. The highest BCUT2D eigenvalue weighted by molar-refractivity contribution is 5.94. The second kappa shape index (κ2) is 5.92. The van der Waals surface area contributed by atoms with Crippen LogP contribution >= 0.6 is 0 Å². The highest BCUT2D eigenvalue weighted by Crippen LogP contribution is 2.29. The third kappa shape index (κ3) is 2.70. The van der Waals surface area contributed by atoms with Gasteiger partial charge >= 0.3 is 0 Å². The lowest BCUT2D eigenvalue weighted by atomic mass is 9.90. The fourth-order valence-electron chi connectivity index (χ4n) is 3.50. The zero-order valence-corrected chi connectivity index (χ0v) is 11.6. The number of rotatable bonds is 2. The summed E-state index contributed by atoms with van der Waals surface area (Å²) in [6, 6.07) is 6.25. The molecule has 0 aromatic heterocycles. The minimum atomic E-state index is -0.295. The van der Waals surface area contributed by atoms with E-state index in [-0.39, 0.29) is 11.7 Å². The van der Waals surface area contributed by atoms with Crippen molar-refractivity contribution in [1.29, 1.82) is 0 Å². The molecular weight excluding hydrogens is 255 g/mol. The van der Waals surface area contributed by atoms with Crippen molar-refractivity contribution in [2.45, 2.75) is 31.7 Å². The molecular formula is C16H21FN2O. The Morgan fingerprint density at radius 3 is 2.70 bits per heavy atom. The molecule has 1 aromatic carbocycles. The molecule has 0 spiro atoms. The van der Waals surface area contributed by atoms with E-state index in [0.29, 0.717) is 17.5 Å². The molecule has 1 aromatic rings. The van der Waals surface area contributed by atoms with E-state index >= 15 is 0 Å². The van der Waals surface area contributed by atoms with Crippen LogP contribution in [0.25, 0.3) is 0 Å². The Morgan fingerprint density at radius 1 is 1.20 bits per heavy atom. The van der Waals surface area contributed by atoms with Gasteiger partial charge in [-0.1, -0.05) is 0 Å². The van der Waals surface area contributed by atoms with Crippen LogP contribution in [0.4, 0.5) is 4.39 Å². The van der Waals surface area contributed by atoms with Crippen molar-refractivity contribution in [1.82, 2.24) is 10.2 Å². The molecule has 2 aliphatic heterocycles. The Kier molecular flexibility index (Phi) is 4.01. The lowest BCUT2D eigenvalue weighted by Crippen LogP contribution is -2.45. The van der Waals surface area contributed by atoms with Crippen LogP contribution in [0.1, 0.15) is 36.0 Å². The van der Waals surface area contributed by atoms with Gasteiger partial charge in [0.2, 0.25) is 0 Å². The first-order chi connectivity index (χ1) is 9.75. The van der Waals surface area contributed by atoms with Gasteiger partial charge in [0, 0.05) is 18.2 Å². The van der Waals surface area contributed by atoms with Crippen molar-refractivity contribution in [2.24, 2.45) is 5.92 Å². The average molecular weight is 276 g/mol. The SMILES string of the molecule is O=C(c1ccc(F)cc1)N1CCCC1C1CCCNC1. The van der Waals surface area contributed by atoms with Gasteiger partial charge in [-0.15, -0.1) is 0 Å². The number of hydrogen-bond acceptors (Lipinski definition) is 2. The van der Waals surface area contributed by atoms with Crippen molar-refractivity contribution in [3.05, 3.63) is 35.6 Å². The second-order valence-corrected chi connectivity index (χ2v) is 5.82. The van der Waals surface area contributed by atoms with E-state index in [1.54, 1.807) is 12.1 Å². The predicted octanol–water partition coefficient (Wildman–Crippen LogP) is 2.43. The number of nitrogens with one attached hydrogen (secondary N) is 1. The van der Waals surface area contributed by atoms with E-state index in [4.69, 9.17) is 0 Å². The summed E-state index contributed by atoms with van der Waals surface area (Å²) in [6.07, 6.45) is 4.57. The van der Waals surface area contributed by atoms with E-state index in [9.17, 15) is 9.18 Å². The number of amides is 1. The number of likely N-dealkylation sites (tertiary alicyclic amines) is 1. The molecule has 0 aliphatic carbocycles. The summed E-state index contributed by atoms with van der Waals surface area (Å²) < 4.78 is 13.0. The van der Waals surface area contributed by atoms with Gasteiger partial charge < -0.3 is 10.2 Å². The summed E-state index contributed by atoms with van der Waals surface area (Å²) in [7, 11) is 0. The Labute approximate surface area is 119 Å². The summed E-state index contributed by atoms with van der Waals surface area (Å²) >= 11 is 0. The molecule has 0 bridgehead atoms. The maximum Gasteiger partial charge on any atom is 0.254 e. The summed E-state index contributed by atoms with van der Waals surface area (Å²) in [5.41, 5.74) is 0.599. The van der Waals surface area contributed by atoms with E-state index in [0.717, 1.165) is 32.5 Å². The molecule has 2 fully saturated rings. The van der Waals surface area contributed by atoms with Crippen molar-refractivity contribution < 1.29 is 9.18 Å². The van der Waals surface area contributed by atoms with Gasteiger partial charge in [-0.3, -0.25) is 4.79 Å². The van der Waals surface area contributed by atoms with Crippen LogP contribution in [-0.2, 0) is 0 Å². The molecule has 2 unspecified atom stereocenters. The van der Waals surface area contributed by atoms with E-state index < -0.39 is 0 Å². The molecule has 108 valence electrons. The smallest absolute Gasteiger partial charge is 0.254 e. The van der Waals surface area contributed by atoms with Crippen molar-refractivity contribution in [3.63, 3.8) is 0 Å². The first kappa shape index (κ1) is 13.6. The van der Waals surface area contributed by atoms with Crippen LogP contribution in [0.15, 0.2) is 24.3 Å². The normalized spacial score (nSPS) is 26.8. The fraction of sp³-hybridized carbons (Fsp3) is 0.562. The van der Waals surface area contributed by atoms with Gasteiger partial charge in [0.25, 0.3) is 5.91 Å². The third-order valence-electron chi connectivity index (χ3n) is 4.53. The van der Waals surface area contributed by atoms with Crippen LogP contribution in [0.3, 0.4) is 0 Å². The zero-order chi connectivity index (χ0) is 13.9. The second-order valence-electron chi connectivity index (χ2n) is 5.82. The minimum absolute atomic E-state index is 0.0538. The van der Waals surface area contributed by atoms with Gasteiger partial charge in [0.1, 0.15) is 5.82 Å². The number of halogens is 1. The Balaban J connectivity index is 1.74. The van der Waals surface area contributed by atoms with E-state index in [2.05, 4.69) is 5.32 Å². The topological polar surface area (TPSA) is 32.3 Å². The highest BCUT2D eigenvalue weighted by Gasteiger charge is 2.35. The number of benzene rings is 1. The average Bonchev–Trinajstić information content (AvgIpc) is 2.97. The van der Waals surface area contributed by atoms with Crippen LogP contribution in [0, 0.1) is 11.7 Å². The number of carbonyl (C=O) groups is 1. The Hall–Kier alpha value is -1.42. The number of hydrogen-bond donors (Lipinski definition) is 1. The third-order valence-corrected chi connectivity index (χ3v) is 4.53. The maximum atomic E-state index is 13.0. The van der Waals surface area contributed by atoms with Crippen LogP contribution < -0.4 is 5.32 Å². The summed E-state index contributed by atoms with van der Waals surface area (Å²) in [4.78, 5) is 14.6. The standard InChI is InChI=1S/C16H21FN2O/c17-14-7-5-12(6-8-14)16(20)19-10-2-4-15(19)13-3-1-9-18-11-13/h5-8,13,15,18H,1-4,9-11H2. The molecule has 2 heterocycles. The number of nitrogens with zero attached hydrogens (tertiary/aromatic N) is 1. The number of carbonyl (C=O) groups excluding carboxylic acids is 1. The molecule has 0 radical (unpaired) electrons. The molecule has 20 heavy (non-hydrogen) atoms. The largest absolute Gasteiger partial charge is 0.335 e. The van der Waals surface area contributed by atoms with Crippen molar-refractivity contribution in [3.8, 4) is 0 Å².